The monoisotopic (exact) mass is 336 g/mol. The molecule has 1 heterocycles. The molecule has 1 aliphatic heterocycles. The summed E-state index contributed by atoms with van der Waals surface area (Å²) in [5.74, 6) is 0.155. The minimum absolute atomic E-state index is 0.0494. The van der Waals surface area contributed by atoms with Crippen LogP contribution >= 0.6 is 12.2 Å². The van der Waals surface area contributed by atoms with E-state index >= 15 is 0 Å². The molecule has 0 aromatic heterocycles. The quantitative estimate of drug-likeness (QED) is 0.502. The number of nitrogens with zero attached hydrogens (tertiary/aromatic N) is 1. The molecule has 1 N–H and O–H groups in total. The standard InChI is InChI=1S/C15H16N2O5S/c1-17-14(19)9(13(18)16-15(17)23)7-8-5-6-10(20-2)12(22-4)11(8)21-3/h5-7H,1-4H3,(H,16,18,23). The van der Waals surface area contributed by atoms with E-state index in [0.29, 0.717) is 22.8 Å². The molecular formula is C15H16N2O5S. The van der Waals surface area contributed by atoms with Crippen molar-refractivity contribution in [1.82, 2.24) is 10.2 Å². The molecule has 1 aliphatic rings. The van der Waals surface area contributed by atoms with Crippen molar-refractivity contribution in [2.75, 3.05) is 28.4 Å². The highest BCUT2D eigenvalue weighted by atomic mass is 32.1. The van der Waals surface area contributed by atoms with E-state index < -0.39 is 11.8 Å². The van der Waals surface area contributed by atoms with Gasteiger partial charge in [0, 0.05) is 12.6 Å². The first-order valence-corrected chi connectivity index (χ1v) is 6.99. The van der Waals surface area contributed by atoms with Crippen LogP contribution < -0.4 is 19.5 Å². The molecule has 1 aromatic carbocycles. The molecule has 122 valence electrons. The van der Waals surface area contributed by atoms with Crippen molar-refractivity contribution in [2.24, 2.45) is 0 Å². The SMILES string of the molecule is COc1ccc(C=C2C(=O)NC(=S)N(C)C2=O)c(OC)c1OC. The number of nitrogens with one attached hydrogen (secondary N) is 1. The number of ether oxygens (including phenoxy) is 3. The van der Waals surface area contributed by atoms with Gasteiger partial charge in [-0.25, -0.2) is 0 Å². The van der Waals surface area contributed by atoms with Crippen LogP contribution in [0.2, 0.25) is 0 Å². The normalized spacial score (nSPS) is 16.4. The molecule has 1 saturated heterocycles. The second-order valence-corrected chi connectivity index (χ2v) is 4.99. The van der Waals surface area contributed by atoms with Crippen LogP contribution in [0.25, 0.3) is 6.08 Å². The summed E-state index contributed by atoms with van der Waals surface area (Å²) in [6.45, 7) is 0. The fourth-order valence-corrected chi connectivity index (χ4v) is 2.31. The topological polar surface area (TPSA) is 77.1 Å². The molecule has 0 atom stereocenters. The summed E-state index contributed by atoms with van der Waals surface area (Å²) in [6.07, 6.45) is 1.43. The lowest BCUT2D eigenvalue weighted by Gasteiger charge is -2.25. The van der Waals surface area contributed by atoms with Gasteiger partial charge in [-0.1, -0.05) is 0 Å². The molecule has 0 unspecified atom stereocenters. The Morgan fingerprint density at radius 2 is 1.74 bits per heavy atom. The van der Waals surface area contributed by atoms with Crippen LogP contribution in [0.4, 0.5) is 0 Å². The number of amides is 2. The summed E-state index contributed by atoms with van der Waals surface area (Å²) in [6, 6.07) is 3.33. The highest BCUT2D eigenvalue weighted by Gasteiger charge is 2.31. The molecule has 0 aliphatic carbocycles. The number of carbonyl (C=O) groups excluding carboxylic acids is 2. The lowest BCUT2D eigenvalue weighted by Crippen LogP contribution is -2.52. The molecular weight excluding hydrogens is 320 g/mol. The zero-order valence-electron chi connectivity index (χ0n) is 13.1. The molecule has 2 rings (SSSR count). The van der Waals surface area contributed by atoms with Crippen LogP contribution in [0.5, 0.6) is 17.2 Å². The number of carbonyl (C=O) groups is 2. The Labute approximate surface area is 138 Å². The van der Waals surface area contributed by atoms with Gasteiger partial charge in [0.15, 0.2) is 16.6 Å². The van der Waals surface area contributed by atoms with E-state index in [-0.39, 0.29) is 10.7 Å². The molecule has 0 radical (unpaired) electrons. The third-order valence-corrected chi connectivity index (χ3v) is 3.72. The van der Waals surface area contributed by atoms with E-state index in [1.54, 1.807) is 12.1 Å². The average Bonchev–Trinajstić information content (AvgIpc) is 2.55. The van der Waals surface area contributed by atoms with E-state index in [2.05, 4.69) is 5.32 Å². The average molecular weight is 336 g/mol. The van der Waals surface area contributed by atoms with Crippen molar-refractivity contribution in [3.63, 3.8) is 0 Å². The zero-order valence-corrected chi connectivity index (χ0v) is 13.9. The molecule has 1 fully saturated rings. The summed E-state index contributed by atoms with van der Waals surface area (Å²) < 4.78 is 15.8. The Morgan fingerprint density at radius 1 is 1.09 bits per heavy atom. The summed E-state index contributed by atoms with van der Waals surface area (Å²) in [7, 11) is 5.93. The molecule has 2 amide bonds. The number of benzene rings is 1. The van der Waals surface area contributed by atoms with Crippen LogP contribution in [0.15, 0.2) is 17.7 Å². The van der Waals surface area contributed by atoms with Gasteiger partial charge in [0.2, 0.25) is 5.75 Å². The fourth-order valence-electron chi connectivity index (χ4n) is 2.14. The Kier molecular flexibility index (Phi) is 4.85. The Balaban J connectivity index is 2.56. The van der Waals surface area contributed by atoms with E-state index in [1.807, 2.05) is 0 Å². The Bertz CT molecular complexity index is 714. The van der Waals surface area contributed by atoms with Gasteiger partial charge in [0.25, 0.3) is 11.8 Å². The lowest BCUT2D eigenvalue weighted by molar-refractivity contribution is -0.128. The van der Waals surface area contributed by atoms with Crippen LogP contribution in [-0.4, -0.2) is 50.2 Å². The molecule has 23 heavy (non-hydrogen) atoms. The minimum Gasteiger partial charge on any atom is -0.493 e. The van der Waals surface area contributed by atoms with Gasteiger partial charge in [-0.3, -0.25) is 19.8 Å². The Morgan fingerprint density at radius 3 is 2.30 bits per heavy atom. The van der Waals surface area contributed by atoms with E-state index in [4.69, 9.17) is 26.4 Å². The van der Waals surface area contributed by atoms with Gasteiger partial charge in [0.05, 0.1) is 21.3 Å². The predicted molar refractivity (Wildman–Crippen MR) is 87.6 cm³/mol. The van der Waals surface area contributed by atoms with Crippen molar-refractivity contribution in [3.05, 3.63) is 23.3 Å². The Hall–Kier alpha value is -2.61. The number of methoxy groups -OCH3 is 3. The second kappa shape index (κ2) is 6.66. The van der Waals surface area contributed by atoms with Crippen molar-refractivity contribution in [2.45, 2.75) is 0 Å². The minimum atomic E-state index is -0.560. The van der Waals surface area contributed by atoms with Gasteiger partial charge in [-0.05, 0) is 30.4 Å². The molecule has 7 nitrogen and oxygen atoms in total. The molecule has 0 spiro atoms. The van der Waals surface area contributed by atoms with Gasteiger partial charge in [-0.2, -0.15) is 0 Å². The molecule has 1 aromatic rings. The first kappa shape index (κ1) is 16.8. The molecule has 0 bridgehead atoms. The van der Waals surface area contributed by atoms with Crippen molar-refractivity contribution >= 4 is 35.2 Å². The van der Waals surface area contributed by atoms with Crippen molar-refractivity contribution in [1.29, 1.82) is 0 Å². The maximum Gasteiger partial charge on any atom is 0.265 e. The van der Waals surface area contributed by atoms with E-state index in [9.17, 15) is 9.59 Å². The first-order chi connectivity index (χ1) is 10.9. The molecule has 0 saturated carbocycles. The van der Waals surface area contributed by atoms with Gasteiger partial charge in [0.1, 0.15) is 5.57 Å². The summed E-state index contributed by atoms with van der Waals surface area (Å²) in [4.78, 5) is 25.5. The van der Waals surface area contributed by atoms with Gasteiger partial charge < -0.3 is 14.2 Å². The predicted octanol–water partition coefficient (Wildman–Crippen LogP) is 0.969. The number of hydrogen-bond donors (Lipinski definition) is 1. The largest absolute Gasteiger partial charge is 0.493 e. The van der Waals surface area contributed by atoms with Crippen LogP contribution in [0.3, 0.4) is 0 Å². The number of hydrogen-bond acceptors (Lipinski definition) is 6. The van der Waals surface area contributed by atoms with Crippen LogP contribution in [0, 0.1) is 0 Å². The first-order valence-electron chi connectivity index (χ1n) is 6.58. The number of thiocarbonyl (C=S) groups is 1. The smallest absolute Gasteiger partial charge is 0.265 e. The lowest BCUT2D eigenvalue weighted by atomic mass is 10.1. The summed E-state index contributed by atoms with van der Waals surface area (Å²) >= 11 is 4.91. The zero-order chi connectivity index (χ0) is 17.1. The number of rotatable bonds is 4. The van der Waals surface area contributed by atoms with Crippen LogP contribution in [-0.2, 0) is 9.59 Å². The second-order valence-electron chi connectivity index (χ2n) is 4.61. The highest BCUT2D eigenvalue weighted by molar-refractivity contribution is 7.80. The van der Waals surface area contributed by atoms with Gasteiger partial charge >= 0.3 is 0 Å². The van der Waals surface area contributed by atoms with Gasteiger partial charge in [-0.15, -0.1) is 0 Å². The maximum absolute atomic E-state index is 12.2. The third kappa shape index (κ3) is 2.98. The maximum atomic E-state index is 12.2. The molecule has 8 heteroatoms. The van der Waals surface area contributed by atoms with Crippen molar-refractivity contribution < 1.29 is 23.8 Å². The third-order valence-electron chi connectivity index (χ3n) is 3.34. The fraction of sp³-hybridized carbons (Fsp3) is 0.267. The number of likely N-dealkylation sites (N-methyl/N-ethyl adjacent to an activating group) is 1. The highest BCUT2D eigenvalue weighted by Crippen LogP contribution is 2.40. The summed E-state index contributed by atoms with van der Waals surface area (Å²) in [5, 5.41) is 2.52. The van der Waals surface area contributed by atoms with E-state index in [0.717, 1.165) is 0 Å². The van der Waals surface area contributed by atoms with Crippen molar-refractivity contribution in [3.8, 4) is 17.2 Å². The van der Waals surface area contributed by atoms with E-state index in [1.165, 1.54) is 39.4 Å². The summed E-state index contributed by atoms with van der Waals surface area (Å²) in [5.41, 5.74) is 0.455. The van der Waals surface area contributed by atoms with Crippen LogP contribution in [0.1, 0.15) is 5.56 Å².